The second kappa shape index (κ2) is 7.09. The molecule has 1 saturated heterocycles. The first kappa shape index (κ1) is 13.8. The first-order valence-electron chi connectivity index (χ1n) is 6.90. The van der Waals surface area contributed by atoms with E-state index in [0.29, 0.717) is 18.2 Å². The number of carbonyl (C=O) groups excluding carboxylic acids is 1. The lowest BCUT2D eigenvalue weighted by Gasteiger charge is -2.11. The summed E-state index contributed by atoms with van der Waals surface area (Å²) in [6.07, 6.45) is 5.18. The Labute approximate surface area is 113 Å². The molecule has 104 valence electrons. The van der Waals surface area contributed by atoms with Crippen LogP contribution in [0.1, 0.15) is 36.5 Å². The van der Waals surface area contributed by atoms with Gasteiger partial charge in [0.05, 0.1) is 12.2 Å². The Morgan fingerprint density at radius 1 is 1.58 bits per heavy atom. The van der Waals surface area contributed by atoms with Gasteiger partial charge in [0.1, 0.15) is 5.82 Å². The molecule has 1 fully saturated rings. The highest BCUT2D eigenvalue weighted by Gasteiger charge is 2.13. The summed E-state index contributed by atoms with van der Waals surface area (Å²) in [5, 5.41) is 6.73. The third kappa shape index (κ3) is 4.21. The van der Waals surface area contributed by atoms with Crippen LogP contribution in [-0.4, -0.2) is 36.7 Å². The van der Waals surface area contributed by atoms with Crippen molar-refractivity contribution in [2.75, 3.05) is 25.0 Å². The number of ether oxygens (including phenoxy) is 1. The number of carbonyl (C=O) groups is 1. The van der Waals surface area contributed by atoms with Gasteiger partial charge in [-0.2, -0.15) is 0 Å². The number of pyridine rings is 1. The quantitative estimate of drug-likeness (QED) is 0.766. The maximum absolute atomic E-state index is 11.5. The summed E-state index contributed by atoms with van der Waals surface area (Å²) in [4.78, 5) is 15.7. The van der Waals surface area contributed by atoms with Crippen molar-refractivity contribution in [3.8, 4) is 0 Å². The third-order valence-corrected chi connectivity index (χ3v) is 3.24. The molecule has 0 amide bonds. The molecule has 2 rings (SSSR count). The summed E-state index contributed by atoms with van der Waals surface area (Å²) in [6.45, 7) is 4.20. The Balaban J connectivity index is 1.76. The number of nitrogens with zero attached hydrogens (tertiary/aromatic N) is 1. The molecule has 19 heavy (non-hydrogen) atoms. The molecule has 5 heteroatoms. The fourth-order valence-corrected chi connectivity index (χ4v) is 2.21. The Morgan fingerprint density at radius 2 is 2.47 bits per heavy atom. The molecule has 5 nitrogen and oxygen atoms in total. The molecule has 0 aliphatic carbocycles. The zero-order chi connectivity index (χ0) is 13.5. The van der Waals surface area contributed by atoms with Crippen LogP contribution in [0.3, 0.4) is 0 Å². The van der Waals surface area contributed by atoms with E-state index in [9.17, 15) is 4.79 Å². The molecule has 1 aromatic rings. The van der Waals surface area contributed by atoms with Gasteiger partial charge in [-0.15, -0.1) is 0 Å². The number of rotatable bonds is 6. The normalized spacial score (nSPS) is 18.3. The van der Waals surface area contributed by atoms with E-state index in [4.69, 9.17) is 4.74 Å². The topological polar surface area (TPSA) is 63.2 Å². The van der Waals surface area contributed by atoms with Crippen LogP contribution >= 0.6 is 0 Å². The summed E-state index contributed by atoms with van der Waals surface area (Å²) in [5.74, 6) is 0.475. The van der Waals surface area contributed by atoms with Crippen LogP contribution in [0.25, 0.3) is 0 Å². The molecule has 0 radical (unpaired) electrons. The maximum Gasteiger partial charge on any atom is 0.339 e. The predicted octanol–water partition coefficient (Wildman–Crippen LogP) is 1.81. The van der Waals surface area contributed by atoms with Crippen molar-refractivity contribution in [3.05, 3.63) is 23.9 Å². The molecule has 0 saturated carbocycles. The maximum atomic E-state index is 11.5. The fourth-order valence-electron chi connectivity index (χ4n) is 2.21. The average Bonchev–Trinajstić information content (AvgIpc) is 2.93. The minimum absolute atomic E-state index is 0.322. The number of aromatic nitrogens is 1. The number of hydrogen-bond acceptors (Lipinski definition) is 5. The highest BCUT2D eigenvalue weighted by atomic mass is 16.5. The SMILES string of the molecule is CCOC(=O)c1ccc(NCC[C@H]2CCCN2)nc1. The number of esters is 1. The lowest BCUT2D eigenvalue weighted by Crippen LogP contribution is -2.24. The van der Waals surface area contributed by atoms with Crippen LogP contribution in [0.5, 0.6) is 0 Å². The molecule has 2 heterocycles. The van der Waals surface area contributed by atoms with Crippen LogP contribution in [0.15, 0.2) is 18.3 Å². The van der Waals surface area contributed by atoms with Gasteiger partial charge in [-0.1, -0.05) is 0 Å². The number of nitrogens with one attached hydrogen (secondary N) is 2. The van der Waals surface area contributed by atoms with Crippen LogP contribution in [0, 0.1) is 0 Å². The summed E-state index contributed by atoms with van der Waals surface area (Å²) >= 11 is 0. The van der Waals surface area contributed by atoms with Crippen molar-refractivity contribution in [2.45, 2.75) is 32.2 Å². The Bertz CT molecular complexity index is 400. The van der Waals surface area contributed by atoms with Crippen LogP contribution in [-0.2, 0) is 4.74 Å². The fraction of sp³-hybridized carbons (Fsp3) is 0.571. The van der Waals surface area contributed by atoms with Crippen molar-refractivity contribution in [2.24, 2.45) is 0 Å². The predicted molar refractivity (Wildman–Crippen MR) is 74.3 cm³/mol. The highest BCUT2D eigenvalue weighted by Crippen LogP contribution is 2.10. The van der Waals surface area contributed by atoms with Crippen LogP contribution in [0.4, 0.5) is 5.82 Å². The van der Waals surface area contributed by atoms with Gasteiger partial charge in [-0.05, 0) is 44.9 Å². The second-order valence-corrected chi connectivity index (χ2v) is 4.66. The third-order valence-electron chi connectivity index (χ3n) is 3.24. The van der Waals surface area contributed by atoms with Gasteiger partial charge in [0, 0.05) is 18.8 Å². The van der Waals surface area contributed by atoms with E-state index >= 15 is 0 Å². The monoisotopic (exact) mass is 263 g/mol. The van der Waals surface area contributed by atoms with E-state index < -0.39 is 0 Å². The first-order chi connectivity index (χ1) is 9.29. The molecule has 1 atom stereocenters. The zero-order valence-corrected chi connectivity index (χ0v) is 11.3. The van der Waals surface area contributed by atoms with Gasteiger partial charge in [0.25, 0.3) is 0 Å². The van der Waals surface area contributed by atoms with Gasteiger partial charge in [0.2, 0.25) is 0 Å². The van der Waals surface area contributed by atoms with E-state index in [1.807, 2.05) is 6.07 Å². The summed E-state index contributed by atoms with van der Waals surface area (Å²) < 4.78 is 4.91. The van der Waals surface area contributed by atoms with E-state index in [1.165, 1.54) is 12.8 Å². The Hall–Kier alpha value is -1.62. The lowest BCUT2D eigenvalue weighted by atomic mass is 10.1. The van der Waals surface area contributed by atoms with E-state index in [2.05, 4.69) is 15.6 Å². The first-order valence-corrected chi connectivity index (χ1v) is 6.90. The second-order valence-electron chi connectivity index (χ2n) is 4.66. The molecular weight excluding hydrogens is 242 g/mol. The van der Waals surface area contributed by atoms with Gasteiger partial charge in [0.15, 0.2) is 0 Å². The van der Waals surface area contributed by atoms with Gasteiger partial charge in [-0.3, -0.25) is 0 Å². The van der Waals surface area contributed by atoms with E-state index in [-0.39, 0.29) is 5.97 Å². The minimum atomic E-state index is -0.322. The molecule has 0 bridgehead atoms. The van der Waals surface area contributed by atoms with E-state index in [0.717, 1.165) is 25.3 Å². The zero-order valence-electron chi connectivity index (χ0n) is 11.3. The summed E-state index contributed by atoms with van der Waals surface area (Å²) in [6, 6.07) is 4.18. The average molecular weight is 263 g/mol. The van der Waals surface area contributed by atoms with Gasteiger partial charge < -0.3 is 15.4 Å². The summed E-state index contributed by atoms with van der Waals surface area (Å²) in [5.41, 5.74) is 0.491. The molecule has 1 aliphatic heterocycles. The number of hydrogen-bond donors (Lipinski definition) is 2. The Morgan fingerprint density at radius 3 is 3.11 bits per heavy atom. The van der Waals surface area contributed by atoms with Crippen molar-refractivity contribution in [1.82, 2.24) is 10.3 Å². The minimum Gasteiger partial charge on any atom is -0.462 e. The molecule has 0 aromatic carbocycles. The standard InChI is InChI=1S/C14H21N3O2/c1-2-19-14(18)11-5-6-13(17-10-11)16-9-7-12-4-3-8-15-12/h5-6,10,12,15H,2-4,7-9H2,1H3,(H,16,17)/t12-/m1/s1. The van der Waals surface area contributed by atoms with Gasteiger partial charge in [-0.25, -0.2) is 9.78 Å². The molecular formula is C14H21N3O2. The van der Waals surface area contributed by atoms with Crippen molar-refractivity contribution in [1.29, 1.82) is 0 Å². The lowest BCUT2D eigenvalue weighted by molar-refractivity contribution is 0.0526. The highest BCUT2D eigenvalue weighted by molar-refractivity contribution is 5.89. The molecule has 1 aromatic heterocycles. The van der Waals surface area contributed by atoms with E-state index in [1.54, 1.807) is 19.2 Å². The molecule has 2 N–H and O–H groups in total. The van der Waals surface area contributed by atoms with Crippen molar-refractivity contribution in [3.63, 3.8) is 0 Å². The van der Waals surface area contributed by atoms with Crippen molar-refractivity contribution >= 4 is 11.8 Å². The molecule has 0 unspecified atom stereocenters. The van der Waals surface area contributed by atoms with Crippen molar-refractivity contribution < 1.29 is 9.53 Å². The van der Waals surface area contributed by atoms with Gasteiger partial charge >= 0.3 is 5.97 Å². The summed E-state index contributed by atoms with van der Waals surface area (Å²) in [7, 11) is 0. The molecule has 0 spiro atoms. The largest absolute Gasteiger partial charge is 0.462 e. The number of anilines is 1. The smallest absolute Gasteiger partial charge is 0.339 e. The van der Waals surface area contributed by atoms with Crippen LogP contribution in [0.2, 0.25) is 0 Å². The van der Waals surface area contributed by atoms with Crippen LogP contribution < -0.4 is 10.6 Å². The Kier molecular flexibility index (Phi) is 5.15. The molecule has 1 aliphatic rings.